The first-order chi connectivity index (χ1) is 13.6. The molecule has 0 spiro atoms. The summed E-state index contributed by atoms with van der Waals surface area (Å²) in [5.41, 5.74) is 2.10. The van der Waals surface area contributed by atoms with Crippen molar-refractivity contribution >= 4 is 29.1 Å². The fourth-order valence-electron chi connectivity index (χ4n) is 3.23. The number of nitrogens with one attached hydrogen (secondary N) is 1. The van der Waals surface area contributed by atoms with Crippen molar-refractivity contribution in [3.63, 3.8) is 0 Å². The minimum Gasteiger partial charge on any atom is -0.368 e. The maximum absolute atomic E-state index is 12.4. The highest BCUT2D eigenvalue weighted by Crippen LogP contribution is 2.21. The van der Waals surface area contributed by atoms with Gasteiger partial charge in [0, 0.05) is 68.7 Å². The Morgan fingerprint density at radius 3 is 2.50 bits per heavy atom. The second-order valence-electron chi connectivity index (χ2n) is 6.83. The summed E-state index contributed by atoms with van der Waals surface area (Å²) in [6.45, 7) is 3.46. The summed E-state index contributed by atoms with van der Waals surface area (Å²) in [6, 6.07) is 11.5. The minimum absolute atomic E-state index is 0.0320. The van der Waals surface area contributed by atoms with Crippen molar-refractivity contribution in [2.75, 3.05) is 31.1 Å². The van der Waals surface area contributed by atoms with Crippen LogP contribution in [0.1, 0.15) is 24.8 Å². The van der Waals surface area contributed by atoms with Gasteiger partial charge in [0.15, 0.2) is 0 Å². The maximum atomic E-state index is 12.4. The van der Waals surface area contributed by atoms with Crippen LogP contribution in [0.15, 0.2) is 48.8 Å². The Bertz CT molecular complexity index is 792. The number of pyridine rings is 1. The normalized spacial score (nSPS) is 14.0. The number of rotatable bonds is 7. The number of benzene rings is 1. The van der Waals surface area contributed by atoms with Crippen molar-refractivity contribution in [2.45, 2.75) is 25.8 Å². The van der Waals surface area contributed by atoms with Crippen LogP contribution in [0, 0.1) is 0 Å². The molecule has 0 atom stereocenters. The van der Waals surface area contributed by atoms with E-state index in [-0.39, 0.29) is 11.8 Å². The molecule has 0 aliphatic carbocycles. The van der Waals surface area contributed by atoms with Gasteiger partial charge in [0.1, 0.15) is 0 Å². The molecule has 1 saturated heterocycles. The quantitative estimate of drug-likeness (QED) is 0.776. The van der Waals surface area contributed by atoms with Crippen LogP contribution >= 0.6 is 11.6 Å². The van der Waals surface area contributed by atoms with Gasteiger partial charge in [0.05, 0.1) is 0 Å². The van der Waals surface area contributed by atoms with E-state index in [9.17, 15) is 9.59 Å². The lowest BCUT2D eigenvalue weighted by molar-refractivity contribution is -0.131. The van der Waals surface area contributed by atoms with Crippen LogP contribution in [0.5, 0.6) is 0 Å². The number of hydrogen-bond acceptors (Lipinski definition) is 4. The van der Waals surface area contributed by atoms with E-state index in [4.69, 9.17) is 11.6 Å². The summed E-state index contributed by atoms with van der Waals surface area (Å²) < 4.78 is 0. The van der Waals surface area contributed by atoms with Crippen LogP contribution in [0.4, 0.5) is 5.69 Å². The number of nitrogens with zero attached hydrogens (tertiary/aromatic N) is 3. The number of carbonyl (C=O) groups excluding carboxylic acids is 2. The zero-order valence-electron chi connectivity index (χ0n) is 15.8. The summed E-state index contributed by atoms with van der Waals surface area (Å²) in [5.74, 6) is 0.0862. The number of anilines is 1. The maximum Gasteiger partial charge on any atom is 0.222 e. The Balaban J connectivity index is 1.34. The van der Waals surface area contributed by atoms with E-state index < -0.39 is 0 Å². The third-order valence-electron chi connectivity index (χ3n) is 4.84. The smallest absolute Gasteiger partial charge is 0.222 e. The first kappa shape index (κ1) is 20.1. The highest BCUT2D eigenvalue weighted by Gasteiger charge is 2.21. The Morgan fingerprint density at radius 2 is 1.79 bits per heavy atom. The average Bonchev–Trinajstić information content (AvgIpc) is 2.73. The molecule has 2 heterocycles. The van der Waals surface area contributed by atoms with E-state index in [2.05, 4.69) is 15.2 Å². The third kappa shape index (κ3) is 5.96. The van der Waals surface area contributed by atoms with Crippen molar-refractivity contribution in [3.8, 4) is 0 Å². The number of hydrogen-bond donors (Lipinski definition) is 1. The second-order valence-corrected chi connectivity index (χ2v) is 7.27. The fourth-order valence-corrected chi connectivity index (χ4v) is 3.42. The predicted octanol–water partition coefficient (Wildman–Crippen LogP) is 2.87. The third-order valence-corrected chi connectivity index (χ3v) is 5.07. The Morgan fingerprint density at radius 1 is 1.04 bits per heavy atom. The molecular weight excluding hydrogens is 376 g/mol. The molecule has 1 aromatic heterocycles. The largest absolute Gasteiger partial charge is 0.368 e. The van der Waals surface area contributed by atoms with Gasteiger partial charge in [0.2, 0.25) is 11.8 Å². The summed E-state index contributed by atoms with van der Waals surface area (Å²) in [4.78, 5) is 32.4. The SMILES string of the molecule is O=C(CCCC(=O)N1CCN(c2cccc(Cl)c2)CC1)NCc1ccncc1. The van der Waals surface area contributed by atoms with Crippen LogP contribution < -0.4 is 10.2 Å². The van der Waals surface area contributed by atoms with Crippen molar-refractivity contribution in [2.24, 2.45) is 0 Å². The highest BCUT2D eigenvalue weighted by atomic mass is 35.5. The van der Waals surface area contributed by atoms with Gasteiger partial charge in [-0.3, -0.25) is 14.6 Å². The van der Waals surface area contributed by atoms with Crippen molar-refractivity contribution in [3.05, 3.63) is 59.4 Å². The molecule has 1 aliphatic rings. The van der Waals surface area contributed by atoms with Gasteiger partial charge in [-0.15, -0.1) is 0 Å². The van der Waals surface area contributed by atoms with Gasteiger partial charge in [-0.1, -0.05) is 17.7 Å². The predicted molar refractivity (Wildman–Crippen MR) is 110 cm³/mol. The Kier molecular flexibility index (Phi) is 7.25. The van der Waals surface area contributed by atoms with Crippen molar-refractivity contribution < 1.29 is 9.59 Å². The minimum atomic E-state index is -0.0320. The van der Waals surface area contributed by atoms with Crippen molar-refractivity contribution in [1.29, 1.82) is 0 Å². The molecule has 148 valence electrons. The summed E-state index contributed by atoms with van der Waals surface area (Å²) in [6.07, 6.45) is 4.73. The average molecular weight is 401 g/mol. The van der Waals surface area contributed by atoms with Gasteiger partial charge in [-0.2, -0.15) is 0 Å². The Hall–Kier alpha value is -2.60. The van der Waals surface area contributed by atoms with Crippen molar-refractivity contribution in [1.82, 2.24) is 15.2 Å². The monoisotopic (exact) mass is 400 g/mol. The zero-order valence-corrected chi connectivity index (χ0v) is 16.6. The van der Waals surface area contributed by atoms with Gasteiger partial charge in [0.25, 0.3) is 0 Å². The lowest BCUT2D eigenvalue weighted by Crippen LogP contribution is -2.48. The van der Waals surface area contributed by atoms with E-state index in [1.165, 1.54) is 0 Å². The summed E-state index contributed by atoms with van der Waals surface area (Å²) >= 11 is 6.06. The van der Waals surface area contributed by atoms with Gasteiger partial charge < -0.3 is 15.1 Å². The summed E-state index contributed by atoms with van der Waals surface area (Å²) in [5, 5.41) is 3.59. The number of piperazine rings is 1. The molecule has 6 nitrogen and oxygen atoms in total. The number of aromatic nitrogens is 1. The number of halogens is 1. The first-order valence-electron chi connectivity index (χ1n) is 9.56. The molecule has 2 aromatic rings. The lowest BCUT2D eigenvalue weighted by Gasteiger charge is -2.36. The molecule has 28 heavy (non-hydrogen) atoms. The molecule has 0 unspecified atom stereocenters. The van der Waals surface area contributed by atoms with Crippen LogP contribution in [0.2, 0.25) is 5.02 Å². The number of carbonyl (C=O) groups is 2. The zero-order chi connectivity index (χ0) is 19.8. The number of amides is 2. The molecular formula is C21H25ClN4O2. The topological polar surface area (TPSA) is 65.5 Å². The molecule has 7 heteroatoms. The van der Waals surface area contributed by atoms with E-state index >= 15 is 0 Å². The van der Waals surface area contributed by atoms with Gasteiger partial charge in [-0.25, -0.2) is 0 Å². The van der Waals surface area contributed by atoms with Crippen LogP contribution in [0.25, 0.3) is 0 Å². The molecule has 1 N–H and O–H groups in total. The van der Waals surface area contributed by atoms with Gasteiger partial charge in [-0.05, 0) is 42.3 Å². The first-order valence-corrected chi connectivity index (χ1v) is 9.93. The molecule has 1 aromatic carbocycles. The Labute approximate surface area is 170 Å². The van der Waals surface area contributed by atoms with Crippen LogP contribution in [-0.2, 0) is 16.1 Å². The van der Waals surface area contributed by atoms with Crippen LogP contribution in [0.3, 0.4) is 0 Å². The molecule has 0 bridgehead atoms. The molecule has 2 amide bonds. The highest BCUT2D eigenvalue weighted by molar-refractivity contribution is 6.30. The summed E-state index contributed by atoms with van der Waals surface area (Å²) in [7, 11) is 0. The molecule has 1 aliphatic heterocycles. The lowest BCUT2D eigenvalue weighted by atomic mass is 10.2. The van der Waals surface area contributed by atoms with Crippen LogP contribution in [-0.4, -0.2) is 47.9 Å². The van der Waals surface area contributed by atoms with E-state index in [1.807, 2.05) is 41.3 Å². The second kappa shape index (κ2) is 10.1. The standard InChI is InChI=1S/C21H25ClN4O2/c22-18-3-1-4-19(15-18)25-11-13-26(14-12-25)21(28)6-2-5-20(27)24-16-17-7-9-23-10-8-17/h1,3-4,7-10,15H,2,5-6,11-14,16H2,(H,24,27). The van der Waals surface area contributed by atoms with E-state index in [1.54, 1.807) is 12.4 Å². The molecule has 0 saturated carbocycles. The van der Waals surface area contributed by atoms with E-state index in [0.29, 0.717) is 38.9 Å². The fraction of sp³-hybridized carbons (Fsp3) is 0.381. The molecule has 1 fully saturated rings. The van der Waals surface area contributed by atoms with Gasteiger partial charge >= 0.3 is 0 Å². The molecule has 0 radical (unpaired) electrons. The van der Waals surface area contributed by atoms with E-state index in [0.717, 1.165) is 29.4 Å². The molecule has 3 rings (SSSR count).